The number of nitrogens with one attached hydrogen (secondary N) is 1. The Hall–Kier alpha value is -3.53. The number of aromatic nitrogens is 2. The van der Waals surface area contributed by atoms with Crippen LogP contribution in [0.1, 0.15) is 21.5 Å². The average Bonchev–Trinajstić information content (AvgIpc) is 3.09. The Bertz CT molecular complexity index is 1060. The zero-order valence-corrected chi connectivity index (χ0v) is 14.9. The summed E-state index contributed by atoms with van der Waals surface area (Å²) in [5.41, 5.74) is 1.13. The van der Waals surface area contributed by atoms with Crippen molar-refractivity contribution in [2.24, 2.45) is 0 Å². The molecule has 0 aliphatic heterocycles. The van der Waals surface area contributed by atoms with Crippen molar-refractivity contribution < 1.29 is 14.6 Å². The van der Waals surface area contributed by atoms with Crippen molar-refractivity contribution in [3.8, 4) is 0 Å². The second-order valence-electron chi connectivity index (χ2n) is 5.53. The van der Waals surface area contributed by atoms with E-state index in [1.807, 2.05) is 31.2 Å². The van der Waals surface area contributed by atoms with Gasteiger partial charge in [0.05, 0.1) is 4.92 Å². The van der Waals surface area contributed by atoms with Gasteiger partial charge in [0.25, 0.3) is 11.5 Å². The van der Waals surface area contributed by atoms with Crippen LogP contribution < -0.4 is 15.7 Å². The summed E-state index contributed by atoms with van der Waals surface area (Å²) in [5, 5.41) is 12.9. The summed E-state index contributed by atoms with van der Waals surface area (Å²) in [6.45, 7) is 2.11. The lowest BCUT2D eigenvalue weighted by atomic mass is 10.1. The van der Waals surface area contributed by atoms with Gasteiger partial charge < -0.3 is 4.84 Å². The van der Waals surface area contributed by atoms with Crippen LogP contribution in [0.3, 0.4) is 0 Å². The maximum absolute atomic E-state index is 12.5. The number of hydrogen-bond donors (Lipinski definition) is 1. The maximum atomic E-state index is 12.5. The largest absolute Gasteiger partial charge is 0.406 e. The number of pyridine rings is 1. The molecular formula is C17H14N4O5S. The van der Waals surface area contributed by atoms with Crippen molar-refractivity contribution in [1.82, 2.24) is 9.71 Å². The van der Waals surface area contributed by atoms with Gasteiger partial charge in [0.2, 0.25) is 0 Å². The zero-order chi connectivity index (χ0) is 19.4. The molecule has 0 bridgehead atoms. The number of benzene rings is 1. The molecule has 0 spiro atoms. The molecule has 1 amide bonds. The molecule has 1 aromatic carbocycles. The number of anilines is 1. The van der Waals surface area contributed by atoms with Crippen LogP contribution >= 0.6 is 11.3 Å². The number of carbonyl (C=O) groups is 1. The number of hydrogen-bond acceptors (Lipinski definition) is 7. The van der Waals surface area contributed by atoms with Crippen LogP contribution in [0.4, 0.5) is 10.1 Å². The predicted molar refractivity (Wildman–Crippen MR) is 98.9 cm³/mol. The van der Waals surface area contributed by atoms with Gasteiger partial charge in [-0.25, -0.2) is 4.98 Å². The number of nitro groups is 1. The molecule has 0 saturated heterocycles. The smallest absolute Gasteiger partial charge is 0.345 e. The van der Waals surface area contributed by atoms with Crippen LogP contribution in [-0.4, -0.2) is 20.5 Å². The quantitative estimate of drug-likeness (QED) is 0.514. The van der Waals surface area contributed by atoms with Crippen molar-refractivity contribution >= 4 is 27.4 Å². The van der Waals surface area contributed by atoms with E-state index in [-0.39, 0.29) is 22.3 Å². The van der Waals surface area contributed by atoms with Gasteiger partial charge >= 0.3 is 5.00 Å². The standard InChI is InChI=1S/C17H14N4O5S/c1-11-4-2-5-12(8-11)10-26-20-7-3-6-13(16(20)23)15(22)19-17-18-9-14(27-17)21(24)25/h2-9H,10H2,1H3,(H,18,19,22). The summed E-state index contributed by atoms with van der Waals surface area (Å²) in [6.07, 6.45) is 2.44. The molecule has 1 N–H and O–H groups in total. The van der Waals surface area contributed by atoms with Crippen molar-refractivity contribution in [2.75, 3.05) is 5.32 Å². The van der Waals surface area contributed by atoms with Gasteiger partial charge in [-0.15, -0.1) is 0 Å². The number of rotatable bonds is 6. The highest BCUT2D eigenvalue weighted by Gasteiger charge is 2.17. The number of nitrogens with zero attached hydrogens (tertiary/aromatic N) is 3. The van der Waals surface area contributed by atoms with Crippen LogP contribution in [0, 0.1) is 17.0 Å². The minimum Gasteiger partial charge on any atom is -0.406 e. The SMILES string of the molecule is Cc1cccc(COn2cccc(C(=O)Nc3ncc([N+](=O)[O-])s3)c2=O)c1. The van der Waals surface area contributed by atoms with E-state index in [2.05, 4.69) is 10.3 Å². The minimum atomic E-state index is -0.724. The minimum absolute atomic E-state index is 0.0298. The lowest BCUT2D eigenvalue weighted by molar-refractivity contribution is -0.380. The highest BCUT2D eigenvalue weighted by Crippen LogP contribution is 2.25. The monoisotopic (exact) mass is 386 g/mol. The molecule has 2 aromatic heterocycles. The Labute approximate surface area is 157 Å². The average molecular weight is 386 g/mol. The van der Waals surface area contributed by atoms with Gasteiger partial charge in [0.1, 0.15) is 18.4 Å². The Kier molecular flexibility index (Phi) is 5.27. The predicted octanol–water partition coefficient (Wildman–Crippen LogP) is 2.40. The lowest BCUT2D eigenvalue weighted by Crippen LogP contribution is -2.32. The fourth-order valence-electron chi connectivity index (χ4n) is 2.27. The third-order valence-electron chi connectivity index (χ3n) is 3.51. The van der Waals surface area contributed by atoms with Crippen molar-refractivity contribution in [3.05, 3.63) is 86.0 Å². The zero-order valence-electron chi connectivity index (χ0n) is 14.1. The Morgan fingerprint density at radius 1 is 1.37 bits per heavy atom. The van der Waals surface area contributed by atoms with Gasteiger partial charge in [-0.2, -0.15) is 4.73 Å². The van der Waals surface area contributed by atoms with Crippen LogP contribution in [0.15, 0.2) is 53.6 Å². The van der Waals surface area contributed by atoms with E-state index in [0.717, 1.165) is 22.1 Å². The van der Waals surface area contributed by atoms with Crippen LogP contribution in [0.25, 0.3) is 0 Å². The molecule has 27 heavy (non-hydrogen) atoms. The second kappa shape index (κ2) is 7.79. The highest BCUT2D eigenvalue weighted by atomic mass is 32.1. The molecule has 0 fully saturated rings. The highest BCUT2D eigenvalue weighted by molar-refractivity contribution is 7.18. The molecule has 0 aliphatic carbocycles. The van der Waals surface area contributed by atoms with E-state index in [0.29, 0.717) is 11.3 Å². The summed E-state index contributed by atoms with van der Waals surface area (Å²) in [7, 11) is 0. The van der Waals surface area contributed by atoms with E-state index >= 15 is 0 Å². The molecule has 0 unspecified atom stereocenters. The first-order chi connectivity index (χ1) is 12.9. The normalized spacial score (nSPS) is 10.4. The van der Waals surface area contributed by atoms with Crippen LogP contribution in [0.2, 0.25) is 0 Å². The molecule has 0 atom stereocenters. The van der Waals surface area contributed by atoms with Crippen LogP contribution in [-0.2, 0) is 6.61 Å². The van der Waals surface area contributed by atoms with E-state index in [1.54, 1.807) is 0 Å². The molecule has 138 valence electrons. The summed E-state index contributed by atoms with van der Waals surface area (Å²) in [5.74, 6) is -0.724. The van der Waals surface area contributed by atoms with Crippen molar-refractivity contribution in [3.63, 3.8) is 0 Å². The van der Waals surface area contributed by atoms with Crippen molar-refractivity contribution in [1.29, 1.82) is 0 Å². The van der Waals surface area contributed by atoms with E-state index in [4.69, 9.17) is 4.84 Å². The van der Waals surface area contributed by atoms with E-state index in [1.165, 1.54) is 18.3 Å². The molecule has 3 rings (SSSR count). The number of carbonyl (C=O) groups excluding carboxylic acids is 1. The lowest BCUT2D eigenvalue weighted by Gasteiger charge is -2.10. The molecule has 9 nitrogen and oxygen atoms in total. The maximum Gasteiger partial charge on any atom is 0.345 e. The topological polar surface area (TPSA) is 116 Å². The van der Waals surface area contributed by atoms with Gasteiger partial charge in [0, 0.05) is 6.20 Å². The fourth-order valence-corrected chi connectivity index (χ4v) is 2.90. The number of amides is 1. The first-order valence-corrected chi connectivity index (χ1v) is 8.58. The Balaban J connectivity index is 1.74. The van der Waals surface area contributed by atoms with Crippen LogP contribution in [0.5, 0.6) is 0 Å². The first kappa shape index (κ1) is 18.3. The van der Waals surface area contributed by atoms with Crippen molar-refractivity contribution in [2.45, 2.75) is 13.5 Å². The molecule has 0 aliphatic rings. The van der Waals surface area contributed by atoms with Gasteiger partial charge in [-0.05, 0) is 36.0 Å². The summed E-state index contributed by atoms with van der Waals surface area (Å²) < 4.78 is 0.974. The summed E-state index contributed by atoms with van der Waals surface area (Å²) in [4.78, 5) is 44.0. The third kappa shape index (κ3) is 4.36. The Morgan fingerprint density at radius 3 is 2.89 bits per heavy atom. The van der Waals surface area contributed by atoms with E-state index < -0.39 is 16.4 Å². The third-order valence-corrected chi connectivity index (χ3v) is 4.37. The molecule has 0 radical (unpaired) electrons. The molecular weight excluding hydrogens is 372 g/mol. The van der Waals surface area contributed by atoms with Gasteiger partial charge in [-0.3, -0.25) is 25.0 Å². The summed E-state index contributed by atoms with van der Waals surface area (Å²) >= 11 is 0.701. The number of thiazole rings is 1. The second-order valence-corrected chi connectivity index (χ2v) is 6.54. The van der Waals surface area contributed by atoms with E-state index in [9.17, 15) is 19.7 Å². The number of aryl methyl sites for hydroxylation is 1. The fraction of sp³-hybridized carbons (Fsp3) is 0.118. The molecule has 10 heteroatoms. The van der Waals surface area contributed by atoms with Gasteiger partial charge in [0.15, 0.2) is 5.13 Å². The first-order valence-electron chi connectivity index (χ1n) is 7.76. The molecule has 2 heterocycles. The molecule has 3 aromatic rings. The molecule has 0 saturated carbocycles. The van der Waals surface area contributed by atoms with Gasteiger partial charge in [-0.1, -0.05) is 29.8 Å². The summed E-state index contributed by atoms with van der Waals surface area (Å²) in [6, 6.07) is 10.5. The Morgan fingerprint density at radius 2 is 2.19 bits per heavy atom.